The molecule has 9 heteroatoms. The van der Waals surface area contributed by atoms with Crippen molar-refractivity contribution in [1.29, 1.82) is 0 Å². The van der Waals surface area contributed by atoms with Crippen molar-refractivity contribution < 1.29 is 14.6 Å². The van der Waals surface area contributed by atoms with E-state index in [2.05, 4.69) is 47.2 Å². The lowest BCUT2D eigenvalue weighted by Crippen LogP contribution is -2.32. The van der Waals surface area contributed by atoms with Gasteiger partial charge in [0.1, 0.15) is 12.4 Å². The summed E-state index contributed by atoms with van der Waals surface area (Å²) in [6, 6.07) is 5.59. The maximum absolute atomic E-state index is 11.5. The molecule has 1 saturated heterocycles. The van der Waals surface area contributed by atoms with Gasteiger partial charge in [-0.25, -0.2) is 9.78 Å². The van der Waals surface area contributed by atoms with Crippen LogP contribution in [0.1, 0.15) is 42.9 Å². The monoisotopic (exact) mass is 493 g/mol. The van der Waals surface area contributed by atoms with E-state index in [-0.39, 0.29) is 5.41 Å². The first kappa shape index (κ1) is 22.8. The number of aromatic nitrogens is 4. The number of likely N-dealkylation sites (tertiary alicyclic amines) is 1. The van der Waals surface area contributed by atoms with E-state index in [9.17, 15) is 9.90 Å². The molecule has 1 atom stereocenters. The Morgan fingerprint density at radius 2 is 2.03 bits per heavy atom. The molecule has 1 spiro atoms. The van der Waals surface area contributed by atoms with Gasteiger partial charge in [-0.1, -0.05) is 19.6 Å². The highest BCUT2D eigenvalue weighted by Crippen LogP contribution is 2.46. The Kier molecular flexibility index (Phi) is 5.34. The molecular weight excluding hydrogens is 458 g/mol. The molecule has 0 radical (unpaired) electrons. The average molecular weight is 494 g/mol. The van der Waals surface area contributed by atoms with E-state index >= 15 is 0 Å². The van der Waals surface area contributed by atoms with Crippen LogP contribution in [0.2, 0.25) is 25.7 Å². The molecule has 1 aliphatic carbocycles. The number of fused-ring (bicyclic) bond motifs is 3. The first-order valence-electron chi connectivity index (χ1n) is 12.9. The average Bonchev–Trinajstić information content (AvgIpc) is 3.17. The Morgan fingerprint density at radius 3 is 2.74 bits per heavy atom. The predicted molar refractivity (Wildman–Crippen MR) is 138 cm³/mol. The van der Waals surface area contributed by atoms with Crippen molar-refractivity contribution in [2.75, 3.05) is 19.7 Å². The van der Waals surface area contributed by atoms with Crippen LogP contribution in [0, 0.1) is 0 Å². The number of carboxylic acid groups (broad SMARTS) is 1. The number of rotatable bonds is 7. The standard InChI is InChI=1S/C26H35N5O3Si/c1-35(2,3)11-10-34-17-30-15-21(18-4-5-18)20-12-19(14-27-24(20)30)22-13-23-26(7-9-31(23)28-22)6-8-29(16-26)25(32)33/h12-15,18H,4-11,16-17H2,1-3H3,(H,32,33). The molecule has 1 amide bonds. The van der Waals surface area contributed by atoms with Gasteiger partial charge >= 0.3 is 6.09 Å². The summed E-state index contributed by atoms with van der Waals surface area (Å²) in [7, 11) is -1.11. The Labute approximate surface area is 206 Å². The van der Waals surface area contributed by atoms with E-state index in [0.717, 1.165) is 48.9 Å². The summed E-state index contributed by atoms with van der Waals surface area (Å²) in [4.78, 5) is 17.9. The van der Waals surface area contributed by atoms with Crippen LogP contribution in [0.15, 0.2) is 24.5 Å². The van der Waals surface area contributed by atoms with Crippen LogP contribution < -0.4 is 0 Å². The van der Waals surface area contributed by atoms with Gasteiger partial charge in [-0.2, -0.15) is 5.10 Å². The normalized spacial score (nSPS) is 22.0. The Morgan fingerprint density at radius 1 is 1.23 bits per heavy atom. The van der Waals surface area contributed by atoms with E-state index in [0.29, 0.717) is 25.7 Å². The van der Waals surface area contributed by atoms with Crippen molar-refractivity contribution in [3.63, 3.8) is 0 Å². The fourth-order valence-corrected chi connectivity index (χ4v) is 6.51. The van der Waals surface area contributed by atoms with Crippen LogP contribution in [0.4, 0.5) is 4.79 Å². The molecule has 5 heterocycles. The molecule has 1 unspecified atom stereocenters. The molecule has 2 fully saturated rings. The molecule has 0 bridgehead atoms. The third-order valence-corrected chi connectivity index (χ3v) is 9.74. The summed E-state index contributed by atoms with van der Waals surface area (Å²) in [5.41, 5.74) is 5.40. The lowest BCUT2D eigenvalue weighted by atomic mass is 9.82. The molecule has 3 aromatic heterocycles. The third-order valence-electron chi connectivity index (χ3n) is 8.03. The Hall–Kier alpha value is -2.65. The zero-order valence-corrected chi connectivity index (χ0v) is 22.0. The number of amides is 1. The molecule has 3 aliphatic rings. The molecular formula is C26H35N5O3Si. The summed E-state index contributed by atoms with van der Waals surface area (Å²) < 4.78 is 10.3. The third kappa shape index (κ3) is 4.18. The van der Waals surface area contributed by atoms with Crippen LogP contribution in [0.5, 0.6) is 0 Å². The lowest BCUT2D eigenvalue weighted by Gasteiger charge is -2.21. The zero-order chi connectivity index (χ0) is 24.4. The number of nitrogens with zero attached hydrogens (tertiary/aromatic N) is 5. The summed E-state index contributed by atoms with van der Waals surface area (Å²) in [5, 5.41) is 15.6. The van der Waals surface area contributed by atoms with Gasteiger partial charge in [0.2, 0.25) is 0 Å². The van der Waals surface area contributed by atoms with Gasteiger partial charge < -0.3 is 19.3 Å². The van der Waals surface area contributed by atoms with E-state index in [1.165, 1.54) is 29.5 Å². The highest BCUT2D eigenvalue weighted by atomic mass is 28.3. The van der Waals surface area contributed by atoms with Gasteiger partial charge in [0.05, 0.1) is 5.69 Å². The minimum atomic E-state index is -1.11. The SMILES string of the molecule is C[Si](C)(C)CCOCn1cc(C2CC2)c2cc(-c3cc4n(n3)CCC43CCN(C(=O)O)C3)cnc21. The van der Waals surface area contributed by atoms with E-state index < -0.39 is 14.2 Å². The van der Waals surface area contributed by atoms with Crippen molar-refractivity contribution in [2.45, 2.75) is 76.0 Å². The Balaban J connectivity index is 1.28. The zero-order valence-electron chi connectivity index (χ0n) is 21.0. The first-order valence-corrected chi connectivity index (χ1v) is 16.6. The molecule has 2 aliphatic heterocycles. The molecule has 6 rings (SSSR count). The van der Waals surface area contributed by atoms with Crippen LogP contribution in [-0.2, 0) is 23.4 Å². The maximum Gasteiger partial charge on any atom is 0.407 e. The number of carbonyl (C=O) groups is 1. The van der Waals surface area contributed by atoms with E-state index in [1.807, 2.05) is 6.20 Å². The summed E-state index contributed by atoms with van der Waals surface area (Å²) >= 11 is 0. The second-order valence-corrected chi connectivity index (χ2v) is 17.5. The number of hydrogen-bond acceptors (Lipinski definition) is 4. The highest BCUT2D eigenvalue weighted by molar-refractivity contribution is 6.76. The molecule has 1 N–H and O–H groups in total. The van der Waals surface area contributed by atoms with Gasteiger partial charge in [0.25, 0.3) is 0 Å². The van der Waals surface area contributed by atoms with Crippen molar-refractivity contribution in [2.24, 2.45) is 0 Å². The van der Waals surface area contributed by atoms with Gasteiger partial charge in [0, 0.05) is 68.8 Å². The molecule has 0 aromatic carbocycles. The summed E-state index contributed by atoms with van der Waals surface area (Å²) in [6.45, 7) is 10.5. The van der Waals surface area contributed by atoms with Crippen molar-refractivity contribution in [1.82, 2.24) is 24.2 Å². The van der Waals surface area contributed by atoms with Crippen molar-refractivity contribution in [3.05, 3.63) is 35.8 Å². The second kappa shape index (κ2) is 8.20. The van der Waals surface area contributed by atoms with Gasteiger partial charge in [-0.3, -0.25) is 4.68 Å². The highest BCUT2D eigenvalue weighted by Gasteiger charge is 2.47. The molecule has 186 valence electrons. The summed E-state index contributed by atoms with van der Waals surface area (Å²) in [6.07, 6.45) is 7.66. The smallest absolute Gasteiger partial charge is 0.407 e. The minimum Gasteiger partial charge on any atom is -0.465 e. The number of aryl methyl sites for hydroxylation is 1. The van der Waals surface area contributed by atoms with E-state index in [1.54, 1.807) is 4.90 Å². The van der Waals surface area contributed by atoms with Gasteiger partial charge in [-0.05, 0) is 55.3 Å². The quantitative estimate of drug-likeness (QED) is 0.365. The topological polar surface area (TPSA) is 85.4 Å². The molecule has 8 nitrogen and oxygen atoms in total. The number of pyridine rings is 1. The second-order valence-electron chi connectivity index (χ2n) is 11.9. The number of hydrogen-bond donors (Lipinski definition) is 1. The number of ether oxygens (including phenoxy) is 1. The summed E-state index contributed by atoms with van der Waals surface area (Å²) in [5.74, 6) is 0.619. The lowest BCUT2D eigenvalue weighted by molar-refractivity contribution is 0.0898. The fourth-order valence-electron chi connectivity index (χ4n) is 5.75. The molecule has 1 saturated carbocycles. The largest absolute Gasteiger partial charge is 0.465 e. The van der Waals surface area contributed by atoms with Crippen molar-refractivity contribution >= 4 is 25.2 Å². The first-order chi connectivity index (χ1) is 16.7. The Bertz CT molecular complexity index is 1290. The maximum atomic E-state index is 11.5. The van der Waals surface area contributed by atoms with Gasteiger partial charge in [0.15, 0.2) is 0 Å². The van der Waals surface area contributed by atoms with Crippen LogP contribution in [0.3, 0.4) is 0 Å². The molecule has 35 heavy (non-hydrogen) atoms. The minimum absolute atomic E-state index is 0.100. The van der Waals surface area contributed by atoms with Crippen LogP contribution >= 0.6 is 0 Å². The van der Waals surface area contributed by atoms with E-state index in [4.69, 9.17) is 14.8 Å². The van der Waals surface area contributed by atoms with Crippen LogP contribution in [-0.4, -0.2) is 63.2 Å². The van der Waals surface area contributed by atoms with Crippen LogP contribution in [0.25, 0.3) is 22.3 Å². The van der Waals surface area contributed by atoms with Crippen molar-refractivity contribution in [3.8, 4) is 11.3 Å². The predicted octanol–water partition coefficient (Wildman–Crippen LogP) is 5.11. The van der Waals surface area contributed by atoms with Gasteiger partial charge in [-0.15, -0.1) is 0 Å². The fraction of sp³-hybridized carbons (Fsp3) is 0.577. The molecule has 3 aromatic rings.